The number of hydrogen-bond donors (Lipinski definition) is 1. The van der Waals surface area contributed by atoms with Gasteiger partial charge in [0.1, 0.15) is 4.90 Å². The molecule has 0 spiro atoms. The molecule has 24 heavy (non-hydrogen) atoms. The first-order valence-electron chi connectivity index (χ1n) is 7.25. The highest BCUT2D eigenvalue weighted by atomic mass is 32.2. The van der Waals surface area contributed by atoms with Crippen LogP contribution in [-0.2, 0) is 16.6 Å². The monoisotopic (exact) mass is 340 g/mol. The summed E-state index contributed by atoms with van der Waals surface area (Å²) in [5.41, 5.74) is 0.895. The van der Waals surface area contributed by atoms with Crippen LogP contribution in [0.5, 0.6) is 0 Å². The van der Waals surface area contributed by atoms with Gasteiger partial charge in [0.25, 0.3) is 15.9 Å². The summed E-state index contributed by atoms with van der Waals surface area (Å²) in [5, 5.41) is 0.514. The van der Waals surface area contributed by atoms with E-state index in [2.05, 4.69) is 4.98 Å². The van der Waals surface area contributed by atoms with E-state index in [0.717, 1.165) is 4.31 Å². The van der Waals surface area contributed by atoms with Crippen LogP contribution in [0.1, 0.15) is 16.1 Å². The molecule has 2 aromatic carbocycles. The van der Waals surface area contributed by atoms with Gasteiger partial charge in [-0.05, 0) is 24.3 Å². The number of carbonyl (C=O) groups is 1. The minimum absolute atomic E-state index is 0.00173. The third kappa shape index (κ3) is 2.05. The lowest BCUT2D eigenvalue weighted by Gasteiger charge is -2.15. The van der Waals surface area contributed by atoms with Crippen LogP contribution in [0, 0.1) is 0 Å². The number of aromatic nitrogens is 1. The number of pyridine rings is 1. The van der Waals surface area contributed by atoms with Crippen LogP contribution in [-0.4, -0.2) is 23.6 Å². The number of H-pyrrole nitrogens is 1. The zero-order chi connectivity index (χ0) is 16.9. The van der Waals surface area contributed by atoms with E-state index in [4.69, 9.17) is 0 Å². The van der Waals surface area contributed by atoms with Gasteiger partial charge >= 0.3 is 0 Å². The molecular formula is C17H12N2O4S. The molecule has 0 radical (unpaired) electrons. The highest BCUT2D eigenvalue weighted by Crippen LogP contribution is 2.30. The standard InChI is InChI=1S/C17H12N2O4S/c20-15-9-11(18-14-7-3-1-5-12(14)15)10-19-17(21)13-6-2-4-8-16(13)24(19,22)23/h1-9H,10H2,(H,18,20). The molecule has 0 bridgehead atoms. The highest BCUT2D eigenvalue weighted by molar-refractivity contribution is 7.90. The normalized spacial score (nSPS) is 15.7. The van der Waals surface area contributed by atoms with Gasteiger partial charge in [-0.2, -0.15) is 0 Å². The van der Waals surface area contributed by atoms with Crippen molar-refractivity contribution in [1.82, 2.24) is 9.29 Å². The van der Waals surface area contributed by atoms with Crippen molar-refractivity contribution in [3.8, 4) is 0 Å². The molecule has 6 nitrogen and oxygen atoms in total. The van der Waals surface area contributed by atoms with E-state index < -0.39 is 15.9 Å². The molecule has 0 unspecified atom stereocenters. The van der Waals surface area contributed by atoms with Crippen molar-refractivity contribution in [3.63, 3.8) is 0 Å². The van der Waals surface area contributed by atoms with Gasteiger partial charge in [0.05, 0.1) is 12.1 Å². The van der Waals surface area contributed by atoms with Crippen molar-refractivity contribution in [2.24, 2.45) is 0 Å². The summed E-state index contributed by atoms with van der Waals surface area (Å²) in [6.45, 7) is -0.212. The van der Waals surface area contributed by atoms with Crippen LogP contribution in [0.2, 0.25) is 0 Å². The minimum Gasteiger partial charge on any atom is -0.357 e. The molecular weight excluding hydrogens is 328 g/mol. The van der Waals surface area contributed by atoms with Gasteiger partial charge in [0.15, 0.2) is 5.43 Å². The molecule has 0 atom stereocenters. The van der Waals surface area contributed by atoms with Crippen molar-refractivity contribution >= 4 is 26.8 Å². The summed E-state index contributed by atoms with van der Waals surface area (Å²) in [5.74, 6) is -0.584. The summed E-state index contributed by atoms with van der Waals surface area (Å²) in [6, 6.07) is 14.4. The van der Waals surface area contributed by atoms with Crippen molar-refractivity contribution in [2.75, 3.05) is 0 Å². The average Bonchev–Trinajstić information content (AvgIpc) is 2.76. The lowest BCUT2D eigenvalue weighted by atomic mass is 10.2. The van der Waals surface area contributed by atoms with Gasteiger partial charge in [-0.25, -0.2) is 12.7 Å². The summed E-state index contributed by atoms with van der Waals surface area (Å²) in [4.78, 5) is 27.6. The van der Waals surface area contributed by atoms with Crippen LogP contribution in [0.4, 0.5) is 0 Å². The number of fused-ring (bicyclic) bond motifs is 2. The maximum atomic E-state index is 12.6. The van der Waals surface area contributed by atoms with Crippen molar-refractivity contribution < 1.29 is 13.2 Å². The first-order valence-corrected chi connectivity index (χ1v) is 8.69. The Morgan fingerprint density at radius 3 is 2.46 bits per heavy atom. The summed E-state index contributed by atoms with van der Waals surface area (Å²) < 4.78 is 25.9. The zero-order valence-electron chi connectivity index (χ0n) is 12.4. The summed E-state index contributed by atoms with van der Waals surface area (Å²) in [6.07, 6.45) is 0. The average molecular weight is 340 g/mol. The predicted octanol–water partition coefficient (Wildman–Crippen LogP) is 1.87. The van der Waals surface area contributed by atoms with E-state index in [1.807, 2.05) is 0 Å². The molecule has 2 heterocycles. The number of nitrogens with zero attached hydrogens (tertiary/aromatic N) is 1. The van der Waals surface area contributed by atoms with Gasteiger partial charge in [-0.1, -0.05) is 24.3 Å². The van der Waals surface area contributed by atoms with Crippen molar-refractivity contribution in [1.29, 1.82) is 0 Å². The topological polar surface area (TPSA) is 87.3 Å². The molecule has 0 aliphatic carbocycles. The molecule has 1 aliphatic rings. The number of amides is 1. The lowest BCUT2D eigenvalue weighted by molar-refractivity contribution is 0.0864. The molecule has 7 heteroatoms. The molecule has 1 N–H and O–H groups in total. The first kappa shape index (κ1) is 14.6. The third-order valence-corrected chi connectivity index (χ3v) is 5.81. The Hall–Kier alpha value is -2.93. The number of aromatic amines is 1. The lowest BCUT2D eigenvalue weighted by Crippen LogP contribution is -2.30. The Labute approximate surface area is 137 Å². The Kier molecular flexibility index (Phi) is 3.07. The number of sulfonamides is 1. The van der Waals surface area contributed by atoms with Crippen LogP contribution >= 0.6 is 0 Å². The largest absolute Gasteiger partial charge is 0.357 e. The maximum absolute atomic E-state index is 12.6. The number of rotatable bonds is 2. The Morgan fingerprint density at radius 1 is 0.958 bits per heavy atom. The molecule has 1 amide bonds. The smallest absolute Gasteiger partial charge is 0.269 e. The fourth-order valence-corrected chi connectivity index (χ4v) is 4.43. The number of para-hydroxylation sites is 1. The fourth-order valence-electron chi connectivity index (χ4n) is 2.88. The van der Waals surface area contributed by atoms with E-state index in [1.54, 1.807) is 36.4 Å². The van der Waals surface area contributed by atoms with Gasteiger partial charge in [-0.3, -0.25) is 9.59 Å². The van der Waals surface area contributed by atoms with Gasteiger partial charge in [-0.15, -0.1) is 0 Å². The molecule has 0 fully saturated rings. The Morgan fingerprint density at radius 2 is 1.67 bits per heavy atom. The van der Waals surface area contributed by atoms with Crippen LogP contribution < -0.4 is 5.43 Å². The summed E-state index contributed by atoms with van der Waals surface area (Å²) in [7, 11) is -3.90. The second-order valence-electron chi connectivity index (χ2n) is 5.52. The van der Waals surface area contributed by atoms with E-state index >= 15 is 0 Å². The highest BCUT2D eigenvalue weighted by Gasteiger charge is 2.40. The predicted molar refractivity (Wildman–Crippen MR) is 88.1 cm³/mol. The Bertz CT molecular complexity index is 1150. The molecule has 120 valence electrons. The fraction of sp³-hybridized carbons (Fsp3) is 0.0588. The maximum Gasteiger partial charge on any atom is 0.269 e. The number of carbonyl (C=O) groups excluding carboxylic acids is 1. The van der Waals surface area contributed by atoms with E-state index in [1.165, 1.54) is 18.2 Å². The van der Waals surface area contributed by atoms with E-state index in [9.17, 15) is 18.0 Å². The summed E-state index contributed by atoms with van der Waals surface area (Å²) >= 11 is 0. The van der Waals surface area contributed by atoms with Gasteiger partial charge < -0.3 is 4.98 Å². The minimum atomic E-state index is -3.90. The van der Waals surface area contributed by atoms with E-state index in [-0.39, 0.29) is 22.4 Å². The molecule has 1 aliphatic heterocycles. The van der Waals surface area contributed by atoms with Crippen LogP contribution in [0.25, 0.3) is 10.9 Å². The van der Waals surface area contributed by atoms with Crippen molar-refractivity contribution in [2.45, 2.75) is 11.4 Å². The number of benzene rings is 2. The SMILES string of the molecule is O=C1c2ccccc2S(=O)(=O)N1Cc1cc(=O)c2ccccc2[nH]1. The van der Waals surface area contributed by atoms with Gasteiger partial charge in [0.2, 0.25) is 0 Å². The number of nitrogens with one attached hydrogen (secondary N) is 1. The zero-order valence-corrected chi connectivity index (χ0v) is 13.2. The molecule has 1 aromatic heterocycles. The van der Waals surface area contributed by atoms with E-state index in [0.29, 0.717) is 16.6 Å². The third-order valence-electron chi connectivity index (χ3n) is 4.02. The quantitative estimate of drug-likeness (QED) is 0.771. The van der Waals surface area contributed by atoms with Gasteiger partial charge in [0, 0.05) is 22.7 Å². The van der Waals surface area contributed by atoms with Crippen molar-refractivity contribution in [3.05, 3.63) is 76.1 Å². The molecule has 3 aromatic rings. The van der Waals surface area contributed by atoms with Crippen LogP contribution in [0.3, 0.4) is 0 Å². The molecule has 4 rings (SSSR count). The molecule has 0 saturated carbocycles. The first-order chi connectivity index (χ1) is 11.5. The van der Waals surface area contributed by atoms with Crippen LogP contribution in [0.15, 0.2) is 64.3 Å². The second-order valence-corrected chi connectivity index (χ2v) is 7.35. The number of hydrogen-bond acceptors (Lipinski definition) is 4. The Balaban J connectivity index is 1.80. The second kappa shape index (κ2) is 5.04. The molecule has 0 saturated heterocycles.